The monoisotopic (exact) mass is 316 g/mol. The fourth-order valence-corrected chi connectivity index (χ4v) is 2.83. The number of alkyl halides is 3. The van der Waals surface area contributed by atoms with Crippen LogP contribution in [0.15, 0.2) is 24.3 Å². The van der Waals surface area contributed by atoms with Crippen molar-refractivity contribution in [2.75, 3.05) is 32.8 Å². The molecule has 0 saturated carbocycles. The molecular weight excluding hydrogens is 293 g/mol. The summed E-state index contributed by atoms with van der Waals surface area (Å²) < 4.78 is 42.6. The third-order valence-corrected chi connectivity index (χ3v) is 3.79. The molecule has 1 aliphatic rings. The molecule has 1 aromatic rings. The van der Waals surface area contributed by atoms with E-state index in [0.717, 1.165) is 24.3 Å². The van der Waals surface area contributed by atoms with E-state index >= 15 is 0 Å². The van der Waals surface area contributed by atoms with Crippen molar-refractivity contribution in [1.29, 1.82) is 0 Å². The minimum atomic E-state index is -4.10. The Kier molecular flexibility index (Phi) is 6.08. The summed E-state index contributed by atoms with van der Waals surface area (Å²) in [5, 5.41) is 3.34. The molecule has 3 nitrogen and oxygen atoms in total. The Bertz CT molecular complexity index is 465. The van der Waals surface area contributed by atoms with Crippen LogP contribution in [0.1, 0.15) is 18.9 Å². The van der Waals surface area contributed by atoms with Crippen molar-refractivity contribution in [2.45, 2.75) is 26.1 Å². The van der Waals surface area contributed by atoms with Crippen LogP contribution in [-0.4, -0.2) is 43.9 Å². The highest BCUT2D eigenvalue weighted by Crippen LogP contribution is 2.23. The predicted molar refractivity (Wildman–Crippen MR) is 79.9 cm³/mol. The normalized spacial score (nSPS) is 19.5. The van der Waals surface area contributed by atoms with Gasteiger partial charge in [-0.05, 0) is 38.4 Å². The number of nitrogens with zero attached hydrogens (tertiary/aromatic N) is 1. The molecule has 0 radical (unpaired) electrons. The Morgan fingerprint density at radius 1 is 1.32 bits per heavy atom. The molecule has 6 heteroatoms. The molecule has 2 rings (SSSR count). The van der Waals surface area contributed by atoms with Crippen molar-refractivity contribution in [3.63, 3.8) is 0 Å². The van der Waals surface area contributed by atoms with E-state index in [9.17, 15) is 13.2 Å². The molecular formula is C16H23F3N2O. The Morgan fingerprint density at radius 3 is 2.82 bits per heavy atom. The van der Waals surface area contributed by atoms with Crippen LogP contribution in [-0.2, 0) is 6.54 Å². The fraction of sp³-hybridized carbons (Fsp3) is 0.625. The molecule has 1 unspecified atom stereocenters. The predicted octanol–water partition coefficient (Wildman–Crippen LogP) is 3.06. The molecule has 1 fully saturated rings. The maximum Gasteiger partial charge on any atom is 0.401 e. The molecule has 0 aromatic heterocycles. The topological polar surface area (TPSA) is 24.5 Å². The molecule has 1 heterocycles. The summed E-state index contributed by atoms with van der Waals surface area (Å²) in [6.07, 6.45) is -3.28. The number of hydrogen-bond donors (Lipinski definition) is 1. The quantitative estimate of drug-likeness (QED) is 0.837. The standard InChI is InChI=1S/C16H23F3N2O/c1-2-22-15-6-4-3-5-14(15)10-20-9-13-7-8-21(11-13)12-16(17,18)19/h3-6,13,20H,2,7-12H2,1H3. The first-order valence-electron chi connectivity index (χ1n) is 7.68. The first-order chi connectivity index (χ1) is 10.5. The molecule has 1 aliphatic heterocycles. The Morgan fingerprint density at radius 2 is 2.09 bits per heavy atom. The van der Waals surface area contributed by atoms with Crippen LogP contribution >= 0.6 is 0 Å². The number of likely N-dealkylation sites (tertiary alicyclic amines) is 1. The smallest absolute Gasteiger partial charge is 0.401 e. The van der Waals surface area contributed by atoms with E-state index in [2.05, 4.69) is 5.32 Å². The number of rotatable bonds is 7. The zero-order valence-corrected chi connectivity index (χ0v) is 12.8. The number of halogens is 3. The minimum absolute atomic E-state index is 0.279. The van der Waals surface area contributed by atoms with Gasteiger partial charge in [-0.15, -0.1) is 0 Å². The zero-order valence-electron chi connectivity index (χ0n) is 12.8. The van der Waals surface area contributed by atoms with Gasteiger partial charge in [-0.25, -0.2) is 0 Å². The second kappa shape index (κ2) is 7.83. The van der Waals surface area contributed by atoms with E-state index in [1.54, 1.807) is 0 Å². The first-order valence-corrected chi connectivity index (χ1v) is 7.68. The van der Waals surface area contributed by atoms with Crippen LogP contribution in [0.5, 0.6) is 5.75 Å². The number of hydrogen-bond acceptors (Lipinski definition) is 3. The van der Waals surface area contributed by atoms with Gasteiger partial charge in [-0.3, -0.25) is 4.90 Å². The molecule has 22 heavy (non-hydrogen) atoms. The third kappa shape index (κ3) is 5.50. The van der Waals surface area contributed by atoms with Crippen LogP contribution in [0, 0.1) is 5.92 Å². The molecule has 1 N–H and O–H groups in total. The lowest BCUT2D eigenvalue weighted by atomic mass is 10.1. The van der Waals surface area contributed by atoms with Gasteiger partial charge in [0.1, 0.15) is 5.75 Å². The van der Waals surface area contributed by atoms with Gasteiger partial charge in [0.05, 0.1) is 13.2 Å². The van der Waals surface area contributed by atoms with Crippen molar-refractivity contribution in [3.8, 4) is 5.75 Å². The summed E-state index contributed by atoms with van der Waals surface area (Å²) in [5.74, 6) is 1.14. The van der Waals surface area contributed by atoms with E-state index in [-0.39, 0.29) is 5.92 Å². The highest BCUT2D eigenvalue weighted by atomic mass is 19.4. The van der Waals surface area contributed by atoms with Crippen molar-refractivity contribution in [1.82, 2.24) is 10.2 Å². The van der Waals surface area contributed by atoms with Crippen molar-refractivity contribution >= 4 is 0 Å². The molecule has 0 amide bonds. The highest BCUT2D eigenvalue weighted by molar-refractivity contribution is 5.33. The summed E-state index contributed by atoms with van der Waals surface area (Å²) >= 11 is 0. The second-order valence-corrected chi connectivity index (χ2v) is 5.68. The van der Waals surface area contributed by atoms with Crippen LogP contribution in [0.3, 0.4) is 0 Å². The van der Waals surface area contributed by atoms with Crippen molar-refractivity contribution in [3.05, 3.63) is 29.8 Å². The molecule has 124 valence electrons. The Labute approximate surface area is 129 Å². The average molecular weight is 316 g/mol. The van der Waals surface area contributed by atoms with E-state index < -0.39 is 12.7 Å². The summed E-state index contributed by atoms with van der Waals surface area (Å²) in [4.78, 5) is 1.49. The van der Waals surface area contributed by atoms with Gasteiger partial charge in [0.2, 0.25) is 0 Å². The van der Waals surface area contributed by atoms with Crippen molar-refractivity contribution < 1.29 is 17.9 Å². The van der Waals surface area contributed by atoms with Gasteiger partial charge in [0.15, 0.2) is 0 Å². The van der Waals surface area contributed by atoms with Gasteiger partial charge >= 0.3 is 6.18 Å². The van der Waals surface area contributed by atoms with Crippen molar-refractivity contribution in [2.24, 2.45) is 5.92 Å². The lowest BCUT2D eigenvalue weighted by Crippen LogP contribution is -2.33. The molecule has 1 atom stereocenters. The first kappa shape index (κ1) is 17.1. The maximum atomic E-state index is 12.4. The Hall–Kier alpha value is -1.27. The lowest BCUT2D eigenvalue weighted by molar-refractivity contribution is -0.143. The van der Waals surface area contributed by atoms with Gasteiger partial charge in [-0.1, -0.05) is 18.2 Å². The SMILES string of the molecule is CCOc1ccccc1CNCC1CCN(CC(F)(F)F)C1. The van der Waals surface area contributed by atoms with Crippen LogP contribution in [0.4, 0.5) is 13.2 Å². The second-order valence-electron chi connectivity index (χ2n) is 5.68. The fourth-order valence-electron chi connectivity index (χ4n) is 2.83. The van der Waals surface area contributed by atoms with E-state index in [1.165, 1.54) is 4.90 Å². The minimum Gasteiger partial charge on any atom is -0.494 e. The molecule has 1 saturated heterocycles. The van der Waals surface area contributed by atoms with Gasteiger partial charge in [0.25, 0.3) is 0 Å². The summed E-state index contributed by atoms with van der Waals surface area (Å²) in [5.41, 5.74) is 1.08. The highest BCUT2D eigenvalue weighted by Gasteiger charge is 2.34. The molecule has 0 bridgehead atoms. The average Bonchev–Trinajstić information content (AvgIpc) is 2.86. The van der Waals surface area contributed by atoms with Gasteiger partial charge < -0.3 is 10.1 Å². The zero-order chi connectivity index (χ0) is 16.0. The Balaban J connectivity index is 1.74. The number of para-hydroxylation sites is 1. The third-order valence-electron chi connectivity index (χ3n) is 3.79. The van der Waals surface area contributed by atoms with Crippen LogP contribution in [0.2, 0.25) is 0 Å². The lowest BCUT2D eigenvalue weighted by Gasteiger charge is -2.18. The van der Waals surface area contributed by atoms with E-state index in [1.807, 2.05) is 31.2 Å². The number of nitrogens with one attached hydrogen (secondary N) is 1. The van der Waals surface area contributed by atoms with Crippen LogP contribution < -0.4 is 10.1 Å². The number of ether oxygens (including phenoxy) is 1. The largest absolute Gasteiger partial charge is 0.494 e. The molecule has 0 aliphatic carbocycles. The van der Waals surface area contributed by atoms with Crippen LogP contribution in [0.25, 0.3) is 0 Å². The number of benzene rings is 1. The summed E-state index contributed by atoms with van der Waals surface area (Å²) in [6.45, 7) is 4.21. The molecule has 0 spiro atoms. The summed E-state index contributed by atoms with van der Waals surface area (Å²) in [6, 6.07) is 7.82. The summed E-state index contributed by atoms with van der Waals surface area (Å²) in [7, 11) is 0. The maximum absolute atomic E-state index is 12.4. The van der Waals surface area contributed by atoms with Gasteiger partial charge in [0, 0.05) is 18.7 Å². The molecule has 1 aromatic carbocycles. The van der Waals surface area contributed by atoms with E-state index in [4.69, 9.17) is 4.74 Å². The van der Waals surface area contributed by atoms with E-state index in [0.29, 0.717) is 26.2 Å². The van der Waals surface area contributed by atoms with Gasteiger partial charge in [-0.2, -0.15) is 13.2 Å².